The lowest BCUT2D eigenvalue weighted by atomic mass is 10.1. The van der Waals surface area contributed by atoms with Crippen LogP contribution in [0.4, 0.5) is 0 Å². The predicted octanol–water partition coefficient (Wildman–Crippen LogP) is 2.52. The molecule has 3 N–H and O–H groups in total. The molecule has 0 saturated heterocycles. The van der Waals surface area contributed by atoms with Crippen molar-refractivity contribution in [2.45, 2.75) is 13.0 Å². The van der Waals surface area contributed by atoms with E-state index < -0.39 is 0 Å². The third-order valence-electron chi connectivity index (χ3n) is 1.60. The molecule has 1 atom stereocenters. The second-order valence-electron chi connectivity index (χ2n) is 2.90. The highest BCUT2D eigenvalue weighted by Gasteiger charge is 2.00. The van der Waals surface area contributed by atoms with Crippen LogP contribution in [0, 0.1) is 0 Å². The first-order chi connectivity index (χ1) is 6.11. The topological polar surface area (TPSA) is 46.2 Å². The van der Waals surface area contributed by atoms with Crippen molar-refractivity contribution in [2.75, 3.05) is 0 Å². The first kappa shape index (κ1) is 10.3. The minimum atomic E-state index is -0.00150. The van der Waals surface area contributed by atoms with E-state index in [2.05, 4.69) is 15.9 Å². The van der Waals surface area contributed by atoms with E-state index in [0.717, 1.165) is 5.56 Å². The Morgan fingerprint density at radius 3 is 2.85 bits per heavy atom. The van der Waals surface area contributed by atoms with Gasteiger partial charge in [0.1, 0.15) is 5.75 Å². The SMILES string of the molecule is CC(N)/C=C/c1cccc(Br)c1O. The number of halogens is 1. The Bertz CT molecular complexity index is 321. The van der Waals surface area contributed by atoms with Crippen molar-refractivity contribution in [3.63, 3.8) is 0 Å². The molecule has 1 aromatic carbocycles. The highest BCUT2D eigenvalue weighted by Crippen LogP contribution is 2.28. The van der Waals surface area contributed by atoms with Gasteiger partial charge in [0.05, 0.1) is 4.47 Å². The Kier molecular flexibility index (Phi) is 3.51. The van der Waals surface area contributed by atoms with Gasteiger partial charge in [-0.2, -0.15) is 0 Å². The van der Waals surface area contributed by atoms with Gasteiger partial charge in [0.2, 0.25) is 0 Å². The summed E-state index contributed by atoms with van der Waals surface area (Å²) in [5.41, 5.74) is 6.32. The monoisotopic (exact) mass is 241 g/mol. The molecule has 13 heavy (non-hydrogen) atoms. The summed E-state index contributed by atoms with van der Waals surface area (Å²) in [6.45, 7) is 1.88. The van der Waals surface area contributed by atoms with Gasteiger partial charge in [-0.1, -0.05) is 24.3 Å². The van der Waals surface area contributed by atoms with Gasteiger partial charge >= 0.3 is 0 Å². The normalized spacial score (nSPS) is 13.5. The van der Waals surface area contributed by atoms with Crippen molar-refractivity contribution >= 4 is 22.0 Å². The van der Waals surface area contributed by atoms with Crippen LogP contribution in [-0.2, 0) is 0 Å². The molecule has 1 unspecified atom stereocenters. The summed E-state index contributed by atoms with van der Waals surface area (Å²) in [7, 11) is 0. The third kappa shape index (κ3) is 2.86. The van der Waals surface area contributed by atoms with Crippen LogP contribution in [-0.4, -0.2) is 11.1 Å². The summed E-state index contributed by atoms with van der Waals surface area (Å²) in [4.78, 5) is 0. The fourth-order valence-electron chi connectivity index (χ4n) is 0.922. The van der Waals surface area contributed by atoms with E-state index in [1.54, 1.807) is 6.07 Å². The van der Waals surface area contributed by atoms with Gasteiger partial charge in [-0.3, -0.25) is 0 Å². The quantitative estimate of drug-likeness (QED) is 0.836. The van der Waals surface area contributed by atoms with E-state index in [-0.39, 0.29) is 11.8 Å². The van der Waals surface area contributed by atoms with Gasteiger partial charge in [0.25, 0.3) is 0 Å². The van der Waals surface area contributed by atoms with Crippen LogP contribution in [0.3, 0.4) is 0 Å². The fraction of sp³-hybridized carbons (Fsp3) is 0.200. The van der Waals surface area contributed by atoms with E-state index in [0.29, 0.717) is 4.47 Å². The molecule has 0 aliphatic rings. The zero-order chi connectivity index (χ0) is 9.84. The van der Waals surface area contributed by atoms with Crippen molar-refractivity contribution in [1.82, 2.24) is 0 Å². The second-order valence-corrected chi connectivity index (χ2v) is 3.75. The molecule has 1 aromatic rings. The molecule has 1 rings (SSSR count). The van der Waals surface area contributed by atoms with E-state index in [9.17, 15) is 5.11 Å². The molecule has 0 amide bonds. The van der Waals surface area contributed by atoms with Gasteiger partial charge < -0.3 is 10.8 Å². The average molecular weight is 242 g/mol. The van der Waals surface area contributed by atoms with E-state index in [1.165, 1.54) is 0 Å². The fourth-order valence-corrected chi connectivity index (χ4v) is 1.30. The molecule has 0 aliphatic heterocycles. The Morgan fingerprint density at radius 2 is 2.23 bits per heavy atom. The highest BCUT2D eigenvalue weighted by atomic mass is 79.9. The summed E-state index contributed by atoms with van der Waals surface area (Å²) in [5, 5.41) is 9.57. The van der Waals surface area contributed by atoms with Crippen LogP contribution in [0.5, 0.6) is 5.75 Å². The number of nitrogens with two attached hydrogens (primary N) is 1. The van der Waals surface area contributed by atoms with Gasteiger partial charge in [-0.05, 0) is 28.9 Å². The van der Waals surface area contributed by atoms with Crippen molar-refractivity contribution in [2.24, 2.45) is 5.73 Å². The molecular weight excluding hydrogens is 230 g/mol. The number of para-hydroxylation sites is 1. The molecule has 0 radical (unpaired) electrons. The number of aromatic hydroxyl groups is 1. The molecule has 70 valence electrons. The lowest BCUT2D eigenvalue weighted by Gasteiger charge is -2.01. The molecular formula is C10H12BrNO. The smallest absolute Gasteiger partial charge is 0.136 e. The number of hydrogen-bond donors (Lipinski definition) is 2. The zero-order valence-electron chi connectivity index (χ0n) is 7.37. The zero-order valence-corrected chi connectivity index (χ0v) is 8.95. The maximum atomic E-state index is 9.57. The van der Waals surface area contributed by atoms with E-state index in [4.69, 9.17) is 5.73 Å². The van der Waals surface area contributed by atoms with Gasteiger partial charge in [-0.25, -0.2) is 0 Å². The molecule has 2 nitrogen and oxygen atoms in total. The van der Waals surface area contributed by atoms with E-state index >= 15 is 0 Å². The lowest BCUT2D eigenvalue weighted by molar-refractivity contribution is 0.470. The lowest BCUT2D eigenvalue weighted by Crippen LogP contribution is -2.09. The summed E-state index contributed by atoms with van der Waals surface area (Å²) >= 11 is 3.24. The molecule has 0 aromatic heterocycles. The van der Waals surface area contributed by atoms with Crippen LogP contribution in [0.1, 0.15) is 12.5 Å². The van der Waals surface area contributed by atoms with Gasteiger partial charge in [-0.15, -0.1) is 0 Å². The third-order valence-corrected chi connectivity index (χ3v) is 2.24. The molecule has 3 heteroatoms. The van der Waals surface area contributed by atoms with Crippen LogP contribution in [0.25, 0.3) is 6.08 Å². The average Bonchev–Trinajstić information content (AvgIpc) is 2.07. The maximum absolute atomic E-state index is 9.57. The van der Waals surface area contributed by atoms with Gasteiger partial charge in [0, 0.05) is 11.6 Å². The summed E-state index contributed by atoms with van der Waals surface area (Å²) < 4.78 is 0.694. The number of rotatable bonds is 2. The molecule has 0 bridgehead atoms. The van der Waals surface area contributed by atoms with Crippen LogP contribution < -0.4 is 5.73 Å². The minimum Gasteiger partial charge on any atom is -0.506 e. The minimum absolute atomic E-state index is 0.00150. The maximum Gasteiger partial charge on any atom is 0.136 e. The molecule has 0 heterocycles. The van der Waals surface area contributed by atoms with Crippen molar-refractivity contribution in [3.8, 4) is 5.75 Å². The summed E-state index contributed by atoms with van der Waals surface area (Å²) in [6, 6.07) is 5.49. The predicted molar refractivity (Wildman–Crippen MR) is 58.5 cm³/mol. The van der Waals surface area contributed by atoms with Crippen molar-refractivity contribution in [3.05, 3.63) is 34.3 Å². The Labute approximate surface area is 86.2 Å². The highest BCUT2D eigenvalue weighted by molar-refractivity contribution is 9.10. The van der Waals surface area contributed by atoms with Crippen molar-refractivity contribution < 1.29 is 5.11 Å². The number of benzene rings is 1. The largest absolute Gasteiger partial charge is 0.506 e. The summed E-state index contributed by atoms with van der Waals surface area (Å²) in [6.07, 6.45) is 3.65. The van der Waals surface area contributed by atoms with Crippen LogP contribution >= 0.6 is 15.9 Å². The Morgan fingerprint density at radius 1 is 1.54 bits per heavy atom. The first-order valence-electron chi connectivity index (χ1n) is 4.02. The second kappa shape index (κ2) is 4.44. The number of phenols is 1. The Balaban J connectivity index is 2.95. The summed E-state index contributed by atoms with van der Waals surface area (Å²) in [5.74, 6) is 0.249. The molecule has 0 spiro atoms. The first-order valence-corrected chi connectivity index (χ1v) is 4.82. The standard InChI is InChI=1S/C10H12BrNO/c1-7(12)5-6-8-3-2-4-9(11)10(8)13/h2-7,13H,12H2,1H3/b6-5+. The molecule has 0 saturated carbocycles. The van der Waals surface area contributed by atoms with Gasteiger partial charge in [0.15, 0.2) is 0 Å². The van der Waals surface area contributed by atoms with E-state index in [1.807, 2.05) is 31.2 Å². The van der Waals surface area contributed by atoms with Crippen LogP contribution in [0.15, 0.2) is 28.7 Å². The number of hydrogen-bond acceptors (Lipinski definition) is 2. The van der Waals surface area contributed by atoms with Crippen LogP contribution in [0.2, 0.25) is 0 Å². The molecule has 0 fully saturated rings. The molecule has 0 aliphatic carbocycles. The van der Waals surface area contributed by atoms with Crippen molar-refractivity contribution in [1.29, 1.82) is 0 Å². The Hall–Kier alpha value is -0.800. The number of phenolic OH excluding ortho intramolecular Hbond substituents is 1.